The van der Waals surface area contributed by atoms with Gasteiger partial charge < -0.3 is 15.4 Å². The number of rotatable bonds is 7. The molecule has 2 amide bonds. The Morgan fingerprint density at radius 2 is 1.77 bits per heavy atom. The van der Waals surface area contributed by atoms with Crippen LogP contribution in [0, 0.1) is 13.8 Å². The molecule has 26 heavy (non-hydrogen) atoms. The van der Waals surface area contributed by atoms with Crippen molar-refractivity contribution in [2.24, 2.45) is 0 Å². The summed E-state index contributed by atoms with van der Waals surface area (Å²) in [6.07, 6.45) is 0.730. The summed E-state index contributed by atoms with van der Waals surface area (Å²) in [5.74, 6) is -0.534. The van der Waals surface area contributed by atoms with Gasteiger partial charge in [-0.1, -0.05) is 23.7 Å². The van der Waals surface area contributed by atoms with Crippen molar-refractivity contribution in [2.75, 3.05) is 25.6 Å². The quantitative estimate of drug-likeness (QED) is 0.720. The first kappa shape index (κ1) is 19.9. The molecule has 2 aromatic rings. The van der Waals surface area contributed by atoms with Gasteiger partial charge in [-0.3, -0.25) is 9.59 Å². The molecule has 5 nitrogen and oxygen atoms in total. The van der Waals surface area contributed by atoms with E-state index < -0.39 is 0 Å². The first-order valence-corrected chi connectivity index (χ1v) is 8.75. The minimum absolute atomic E-state index is 0.222. The van der Waals surface area contributed by atoms with Crippen LogP contribution in [0.15, 0.2) is 36.4 Å². The van der Waals surface area contributed by atoms with Crippen molar-refractivity contribution in [3.8, 4) is 0 Å². The molecule has 0 aliphatic rings. The average molecular weight is 375 g/mol. The predicted molar refractivity (Wildman–Crippen MR) is 104 cm³/mol. The summed E-state index contributed by atoms with van der Waals surface area (Å²) < 4.78 is 4.95. The topological polar surface area (TPSA) is 67.4 Å². The van der Waals surface area contributed by atoms with Crippen LogP contribution in [0.25, 0.3) is 0 Å². The third kappa shape index (κ3) is 5.31. The molecule has 138 valence electrons. The smallest absolute Gasteiger partial charge is 0.255 e. The van der Waals surface area contributed by atoms with E-state index in [0.717, 1.165) is 17.5 Å². The molecule has 2 aromatic carbocycles. The summed E-state index contributed by atoms with van der Waals surface area (Å²) in [7, 11) is 1.62. The lowest BCUT2D eigenvalue weighted by atomic mass is 10.1. The number of ether oxygens (including phenoxy) is 1. The molecule has 2 N–H and O–H groups in total. The van der Waals surface area contributed by atoms with Gasteiger partial charge in [-0.2, -0.15) is 0 Å². The maximum Gasteiger partial charge on any atom is 0.255 e. The first-order valence-electron chi connectivity index (χ1n) is 8.37. The largest absolute Gasteiger partial charge is 0.385 e. The van der Waals surface area contributed by atoms with Gasteiger partial charge in [0.1, 0.15) is 0 Å². The number of hydrogen-bond acceptors (Lipinski definition) is 3. The fraction of sp³-hybridized carbons (Fsp3) is 0.300. The number of amides is 2. The number of anilines is 1. The normalized spacial score (nSPS) is 10.5. The number of methoxy groups -OCH3 is 1. The predicted octanol–water partition coefficient (Wildman–Crippen LogP) is 3.98. The number of carbonyl (C=O) groups is 2. The van der Waals surface area contributed by atoms with E-state index in [-0.39, 0.29) is 11.8 Å². The van der Waals surface area contributed by atoms with Crippen molar-refractivity contribution in [3.63, 3.8) is 0 Å². The summed E-state index contributed by atoms with van der Waals surface area (Å²) in [6, 6.07) is 10.3. The third-order valence-corrected chi connectivity index (χ3v) is 4.17. The van der Waals surface area contributed by atoms with Gasteiger partial charge in [-0.25, -0.2) is 0 Å². The van der Waals surface area contributed by atoms with Crippen LogP contribution in [0.5, 0.6) is 0 Å². The van der Waals surface area contributed by atoms with Crippen molar-refractivity contribution in [1.82, 2.24) is 5.32 Å². The summed E-state index contributed by atoms with van der Waals surface area (Å²) in [4.78, 5) is 24.7. The number of carbonyl (C=O) groups excluding carboxylic acids is 2. The highest BCUT2D eigenvalue weighted by Crippen LogP contribution is 2.27. The molecular weight excluding hydrogens is 352 g/mol. The molecule has 0 aliphatic heterocycles. The Morgan fingerprint density at radius 1 is 1.08 bits per heavy atom. The monoisotopic (exact) mass is 374 g/mol. The Bertz CT molecular complexity index is 782. The highest BCUT2D eigenvalue weighted by Gasteiger charge is 2.13. The standard InChI is InChI=1S/C20H23ClN2O3/c1-13-10-14(2)18(17(21)11-13)23-20(25)16-7-4-6-15(12-16)19(24)22-8-5-9-26-3/h4,6-7,10-12H,5,8-9H2,1-3H3,(H,22,24)(H,23,25). The Morgan fingerprint density at radius 3 is 2.42 bits per heavy atom. The number of halogens is 1. The molecule has 0 radical (unpaired) electrons. The van der Waals surface area contributed by atoms with Crippen molar-refractivity contribution >= 4 is 29.1 Å². The van der Waals surface area contributed by atoms with E-state index >= 15 is 0 Å². The van der Waals surface area contributed by atoms with Crippen LogP contribution in [0.2, 0.25) is 5.02 Å². The van der Waals surface area contributed by atoms with E-state index in [2.05, 4.69) is 10.6 Å². The molecule has 0 aromatic heterocycles. The highest BCUT2D eigenvalue weighted by atomic mass is 35.5. The zero-order valence-electron chi connectivity index (χ0n) is 15.2. The second-order valence-electron chi connectivity index (χ2n) is 6.08. The average Bonchev–Trinajstić information content (AvgIpc) is 2.61. The molecule has 0 unspecified atom stereocenters. The minimum atomic E-state index is -0.312. The lowest BCUT2D eigenvalue weighted by Crippen LogP contribution is -2.25. The molecule has 0 atom stereocenters. The molecule has 0 bridgehead atoms. The second kappa shape index (κ2) is 9.36. The summed E-state index contributed by atoms with van der Waals surface area (Å²) >= 11 is 6.24. The van der Waals surface area contributed by atoms with Crippen LogP contribution < -0.4 is 10.6 Å². The zero-order valence-corrected chi connectivity index (χ0v) is 15.9. The summed E-state index contributed by atoms with van der Waals surface area (Å²) in [5.41, 5.74) is 3.32. The van der Waals surface area contributed by atoms with Crippen molar-refractivity contribution in [1.29, 1.82) is 0 Å². The van der Waals surface area contributed by atoms with E-state index in [4.69, 9.17) is 16.3 Å². The Labute approximate surface area is 158 Å². The van der Waals surface area contributed by atoms with Crippen LogP contribution in [-0.4, -0.2) is 32.1 Å². The second-order valence-corrected chi connectivity index (χ2v) is 6.48. The molecule has 0 aliphatic carbocycles. The third-order valence-electron chi connectivity index (χ3n) is 3.87. The SMILES string of the molecule is COCCCNC(=O)c1cccc(C(=O)Nc2c(C)cc(C)cc2Cl)c1. The lowest BCUT2D eigenvalue weighted by Gasteiger charge is -2.12. The Balaban J connectivity index is 2.10. The molecule has 0 saturated heterocycles. The number of hydrogen-bond donors (Lipinski definition) is 2. The molecule has 0 saturated carbocycles. The molecule has 0 fully saturated rings. The van der Waals surface area contributed by atoms with Gasteiger partial charge in [0.2, 0.25) is 0 Å². The molecular formula is C20H23ClN2O3. The summed E-state index contributed by atoms with van der Waals surface area (Å²) in [5, 5.41) is 6.12. The van der Waals surface area contributed by atoms with Crippen LogP contribution >= 0.6 is 11.6 Å². The number of aryl methyl sites for hydroxylation is 2. The van der Waals surface area contributed by atoms with E-state index in [1.807, 2.05) is 19.9 Å². The highest BCUT2D eigenvalue weighted by molar-refractivity contribution is 6.34. The van der Waals surface area contributed by atoms with Gasteiger partial charge in [-0.05, 0) is 55.7 Å². The van der Waals surface area contributed by atoms with Crippen molar-refractivity contribution in [3.05, 3.63) is 63.7 Å². The minimum Gasteiger partial charge on any atom is -0.385 e. The fourth-order valence-corrected chi connectivity index (χ4v) is 2.95. The Kier molecular flexibility index (Phi) is 7.18. The van der Waals surface area contributed by atoms with Crippen molar-refractivity contribution in [2.45, 2.75) is 20.3 Å². The molecule has 0 spiro atoms. The first-order chi connectivity index (χ1) is 12.4. The maximum absolute atomic E-state index is 12.6. The van der Waals surface area contributed by atoms with Crippen LogP contribution in [-0.2, 0) is 4.74 Å². The van der Waals surface area contributed by atoms with Gasteiger partial charge in [0.15, 0.2) is 0 Å². The number of benzene rings is 2. The molecule has 0 heterocycles. The van der Waals surface area contributed by atoms with Gasteiger partial charge in [0, 0.05) is 31.4 Å². The van der Waals surface area contributed by atoms with Crippen LogP contribution in [0.4, 0.5) is 5.69 Å². The molecule has 6 heteroatoms. The fourth-order valence-electron chi connectivity index (χ4n) is 2.58. The van der Waals surface area contributed by atoms with Gasteiger partial charge in [0.25, 0.3) is 11.8 Å². The molecule has 2 rings (SSSR count). The van der Waals surface area contributed by atoms with E-state index in [1.165, 1.54) is 0 Å². The van der Waals surface area contributed by atoms with Crippen LogP contribution in [0.1, 0.15) is 38.3 Å². The van der Waals surface area contributed by atoms with Gasteiger partial charge >= 0.3 is 0 Å². The number of nitrogens with one attached hydrogen (secondary N) is 2. The van der Waals surface area contributed by atoms with E-state index in [9.17, 15) is 9.59 Å². The van der Waals surface area contributed by atoms with E-state index in [0.29, 0.717) is 35.0 Å². The Hall–Kier alpha value is -2.37. The van der Waals surface area contributed by atoms with Crippen LogP contribution in [0.3, 0.4) is 0 Å². The lowest BCUT2D eigenvalue weighted by molar-refractivity contribution is 0.0948. The van der Waals surface area contributed by atoms with E-state index in [1.54, 1.807) is 37.4 Å². The zero-order chi connectivity index (χ0) is 19.1. The maximum atomic E-state index is 12.6. The van der Waals surface area contributed by atoms with Crippen molar-refractivity contribution < 1.29 is 14.3 Å². The van der Waals surface area contributed by atoms with Gasteiger partial charge in [0.05, 0.1) is 10.7 Å². The summed E-state index contributed by atoms with van der Waals surface area (Å²) in [6.45, 7) is 4.93. The van der Waals surface area contributed by atoms with Gasteiger partial charge in [-0.15, -0.1) is 0 Å².